The molecule has 0 unspecified atom stereocenters. The highest BCUT2D eigenvalue weighted by atomic mass is 35.5. The third kappa shape index (κ3) is 2.91. The lowest BCUT2D eigenvalue weighted by molar-refractivity contribution is 0.00578. The molecule has 1 aromatic carbocycles. The molecular weight excluding hydrogens is 294 g/mol. The van der Waals surface area contributed by atoms with Crippen molar-refractivity contribution in [3.05, 3.63) is 39.8 Å². The fourth-order valence-electron chi connectivity index (χ4n) is 2.06. The molecule has 0 saturated carbocycles. The zero-order valence-corrected chi connectivity index (χ0v) is 14.0. The first kappa shape index (κ1) is 15.9. The van der Waals surface area contributed by atoms with Crippen molar-refractivity contribution in [2.45, 2.75) is 45.8 Å². The van der Waals surface area contributed by atoms with Gasteiger partial charge >= 0.3 is 7.12 Å². The fourth-order valence-corrected chi connectivity index (χ4v) is 2.51. The quantitative estimate of drug-likeness (QED) is 0.713. The minimum absolute atomic E-state index is 0.341. The van der Waals surface area contributed by atoms with Gasteiger partial charge in [-0.2, -0.15) is 0 Å². The van der Waals surface area contributed by atoms with E-state index >= 15 is 0 Å². The number of halogens is 2. The largest absolute Gasteiger partial charge is 0.487 e. The molecule has 1 fully saturated rings. The molecule has 0 aliphatic carbocycles. The Bertz CT molecular complexity index is 537. The van der Waals surface area contributed by atoms with E-state index in [1.165, 1.54) is 0 Å². The standard InChI is InChI=1S/C15H19BCl2O2/c1-10(11-7-6-8-12(17)13(11)18)9-16-19-14(2,3)15(4,5)20-16/h6-9H,1-5H3/b10-9-. The van der Waals surface area contributed by atoms with Crippen LogP contribution in [0.2, 0.25) is 10.0 Å². The molecule has 0 amide bonds. The van der Waals surface area contributed by atoms with E-state index in [-0.39, 0.29) is 18.3 Å². The third-order valence-corrected chi connectivity index (χ3v) is 4.85. The van der Waals surface area contributed by atoms with Crippen molar-refractivity contribution in [1.29, 1.82) is 0 Å². The molecule has 2 nitrogen and oxygen atoms in total. The molecule has 0 aromatic heterocycles. The Morgan fingerprint density at radius 1 is 1.10 bits per heavy atom. The van der Waals surface area contributed by atoms with E-state index < -0.39 is 0 Å². The maximum absolute atomic E-state index is 6.23. The van der Waals surface area contributed by atoms with Crippen LogP contribution in [0.4, 0.5) is 0 Å². The summed E-state index contributed by atoms with van der Waals surface area (Å²) in [5, 5.41) is 1.10. The Morgan fingerprint density at radius 3 is 2.20 bits per heavy atom. The summed E-state index contributed by atoms with van der Waals surface area (Å²) in [7, 11) is -0.380. The average molecular weight is 313 g/mol. The highest BCUT2D eigenvalue weighted by Crippen LogP contribution is 2.38. The van der Waals surface area contributed by atoms with E-state index in [0.717, 1.165) is 11.1 Å². The maximum Gasteiger partial charge on any atom is 0.487 e. The zero-order valence-electron chi connectivity index (χ0n) is 12.5. The summed E-state index contributed by atoms with van der Waals surface area (Å²) in [6.07, 6.45) is 0. The van der Waals surface area contributed by atoms with Gasteiger partial charge in [-0.15, -0.1) is 0 Å². The van der Waals surface area contributed by atoms with E-state index in [2.05, 4.69) is 0 Å². The summed E-state index contributed by atoms with van der Waals surface area (Å²) in [4.78, 5) is 0. The van der Waals surface area contributed by atoms with Crippen LogP contribution >= 0.6 is 23.2 Å². The van der Waals surface area contributed by atoms with Crippen LogP contribution in [0.25, 0.3) is 5.57 Å². The van der Waals surface area contributed by atoms with Gasteiger partial charge in [0.05, 0.1) is 21.2 Å². The van der Waals surface area contributed by atoms with Crippen LogP contribution in [0, 0.1) is 0 Å². The second-order valence-electron chi connectivity index (χ2n) is 6.08. The van der Waals surface area contributed by atoms with Gasteiger partial charge < -0.3 is 9.31 Å². The van der Waals surface area contributed by atoms with E-state index in [4.69, 9.17) is 32.5 Å². The molecule has 20 heavy (non-hydrogen) atoms. The first-order valence-corrected chi connectivity index (χ1v) is 7.38. The highest BCUT2D eigenvalue weighted by molar-refractivity contribution is 6.53. The van der Waals surface area contributed by atoms with Crippen LogP contribution in [-0.2, 0) is 9.31 Å². The Morgan fingerprint density at radius 2 is 1.65 bits per heavy atom. The molecule has 1 aromatic rings. The fraction of sp³-hybridized carbons (Fsp3) is 0.467. The smallest absolute Gasteiger partial charge is 0.400 e. The van der Waals surface area contributed by atoms with Crippen molar-refractivity contribution in [2.24, 2.45) is 0 Å². The number of hydrogen-bond donors (Lipinski definition) is 0. The Hall–Kier alpha value is -0.475. The number of rotatable bonds is 2. The minimum atomic E-state index is -0.380. The second kappa shape index (κ2) is 5.38. The van der Waals surface area contributed by atoms with Gasteiger partial charge in [0.2, 0.25) is 0 Å². The number of allylic oxidation sites excluding steroid dienone is 1. The van der Waals surface area contributed by atoms with Gasteiger partial charge in [0, 0.05) is 0 Å². The van der Waals surface area contributed by atoms with Crippen molar-refractivity contribution in [1.82, 2.24) is 0 Å². The van der Waals surface area contributed by atoms with Gasteiger partial charge in [-0.3, -0.25) is 0 Å². The average Bonchev–Trinajstić information content (AvgIpc) is 2.50. The molecule has 0 spiro atoms. The van der Waals surface area contributed by atoms with Crippen LogP contribution in [0.15, 0.2) is 24.2 Å². The minimum Gasteiger partial charge on any atom is -0.400 e. The first-order valence-electron chi connectivity index (χ1n) is 6.62. The van der Waals surface area contributed by atoms with E-state index in [9.17, 15) is 0 Å². The third-order valence-electron chi connectivity index (χ3n) is 4.03. The van der Waals surface area contributed by atoms with E-state index in [0.29, 0.717) is 10.0 Å². The SMILES string of the molecule is C/C(=C/B1OC(C)(C)C(C)(C)O1)c1cccc(Cl)c1Cl. The lowest BCUT2D eigenvalue weighted by atomic mass is 9.85. The predicted molar refractivity (Wildman–Crippen MR) is 86.2 cm³/mol. The predicted octanol–water partition coefficient (Wildman–Crippen LogP) is 5.03. The Balaban J connectivity index is 2.27. The van der Waals surface area contributed by atoms with Crippen molar-refractivity contribution in [2.75, 3.05) is 0 Å². The van der Waals surface area contributed by atoms with Crippen LogP contribution < -0.4 is 0 Å². The van der Waals surface area contributed by atoms with Gasteiger partial charge in [0.1, 0.15) is 0 Å². The van der Waals surface area contributed by atoms with Gasteiger partial charge in [-0.1, -0.05) is 41.3 Å². The molecule has 1 aliphatic heterocycles. The van der Waals surface area contributed by atoms with Crippen LogP contribution in [0.1, 0.15) is 40.2 Å². The lowest BCUT2D eigenvalue weighted by Gasteiger charge is -2.32. The molecule has 1 aliphatic rings. The monoisotopic (exact) mass is 312 g/mol. The molecule has 1 heterocycles. The normalized spacial score (nSPS) is 21.4. The summed E-state index contributed by atoms with van der Waals surface area (Å²) >= 11 is 12.3. The topological polar surface area (TPSA) is 18.5 Å². The van der Waals surface area contributed by atoms with Gasteiger partial charge in [-0.05, 0) is 51.8 Å². The second-order valence-corrected chi connectivity index (χ2v) is 6.86. The molecular formula is C15H19BCl2O2. The van der Waals surface area contributed by atoms with Crippen molar-refractivity contribution >= 4 is 35.9 Å². The van der Waals surface area contributed by atoms with Crippen LogP contribution in [0.3, 0.4) is 0 Å². The van der Waals surface area contributed by atoms with E-state index in [1.54, 1.807) is 6.07 Å². The maximum atomic E-state index is 6.23. The van der Waals surface area contributed by atoms with E-state index in [1.807, 2.05) is 52.7 Å². The summed E-state index contributed by atoms with van der Waals surface area (Å²) < 4.78 is 11.9. The van der Waals surface area contributed by atoms with Crippen molar-refractivity contribution < 1.29 is 9.31 Å². The summed E-state index contributed by atoms with van der Waals surface area (Å²) in [5.41, 5.74) is 1.20. The van der Waals surface area contributed by atoms with Crippen molar-refractivity contribution in [3.8, 4) is 0 Å². The highest BCUT2D eigenvalue weighted by Gasteiger charge is 2.50. The number of hydrogen-bond acceptors (Lipinski definition) is 2. The van der Waals surface area contributed by atoms with Crippen molar-refractivity contribution in [3.63, 3.8) is 0 Å². The molecule has 2 rings (SSSR count). The molecule has 5 heteroatoms. The summed E-state index contributed by atoms with van der Waals surface area (Å²) in [6, 6.07) is 5.59. The molecule has 1 saturated heterocycles. The number of benzene rings is 1. The molecule has 0 atom stereocenters. The van der Waals surface area contributed by atoms with Gasteiger partial charge in [0.25, 0.3) is 0 Å². The molecule has 0 radical (unpaired) electrons. The molecule has 0 N–H and O–H groups in total. The van der Waals surface area contributed by atoms with Crippen LogP contribution in [-0.4, -0.2) is 18.3 Å². The van der Waals surface area contributed by atoms with Gasteiger partial charge in [-0.25, -0.2) is 0 Å². The molecule has 0 bridgehead atoms. The zero-order chi connectivity index (χ0) is 15.1. The Kier molecular flexibility index (Phi) is 4.28. The Labute approximate surface area is 131 Å². The summed E-state index contributed by atoms with van der Waals surface area (Å²) in [5.74, 6) is 1.94. The molecule has 108 valence electrons. The summed E-state index contributed by atoms with van der Waals surface area (Å²) in [6.45, 7) is 10.1. The first-order chi connectivity index (χ1) is 9.14. The van der Waals surface area contributed by atoms with Gasteiger partial charge in [0.15, 0.2) is 0 Å². The lowest BCUT2D eigenvalue weighted by Crippen LogP contribution is -2.41. The van der Waals surface area contributed by atoms with Crippen LogP contribution in [0.5, 0.6) is 0 Å².